The summed E-state index contributed by atoms with van der Waals surface area (Å²) in [5.74, 6) is -1.31. The SMILES string of the molecule is COC(CN)CC(=O)N(C)CC(=O)NCC(F)(F)F. The molecule has 0 aromatic rings. The Labute approximate surface area is 109 Å². The molecule has 0 aliphatic heterocycles. The van der Waals surface area contributed by atoms with Gasteiger partial charge in [0.15, 0.2) is 0 Å². The van der Waals surface area contributed by atoms with Gasteiger partial charge in [-0.25, -0.2) is 0 Å². The molecule has 112 valence electrons. The van der Waals surface area contributed by atoms with Crippen LogP contribution < -0.4 is 11.1 Å². The van der Waals surface area contributed by atoms with Crippen molar-refractivity contribution in [3.8, 4) is 0 Å². The number of nitrogens with zero attached hydrogens (tertiary/aromatic N) is 1. The molecule has 0 rings (SSSR count). The summed E-state index contributed by atoms with van der Waals surface area (Å²) in [5, 5.41) is 1.68. The molecule has 1 unspecified atom stereocenters. The summed E-state index contributed by atoms with van der Waals surface area (Å²) >= 11 is 0. The number of hydrogen-bond donors (Lipinski definition) is 2. The molecule has 6 nitrogen and oxygen atoms in total. The molecular formula is C10H18F3N3O3. The first-order valence-corrected chi connectivity index (χ1v) is 5.50. The number of likely N-dealkylation sites (N-methyl/N-ethyl adjacent to an activating group) is 1. The van der Waals surface area contributed by atoms with Crippen LogP contribution in [0.2, 0.25) is 0 Å². The molecule has 19 heavy (non-hydrogen) atoms. The molecule has 0 heterocycles. The number of hydrogen-bond acceptors (Lipinski definition) is 4. The summed E-state index contributed by atoms with van der Waals surface area (Å²) in [6, 6.07) is 0. The van der Waals surface area contributed by atoms with E-state index in [4.69, 9.17) is 10.5 Å². The van der Waals surface area contributed by atoms with Crippen molar-refractivity contribution >= 4 is 11.8 Å². The molecule has 0 fully saturated rings. The van der Waals surface area contributed by atoms with E-state index in [2.05, 4.69) is 0 Å². The highest BCUT2D eigenvalue weighted by Gasteiger charge is 2.28. The third-order valence-corrected chi connectivity index (χ3v) is 2.29. The predicted octanol–water partition coefficient (Wildman–Crippen LogP) is -0.513. The average Bonchev–Trinajstić information content (AvgIpc) is 2.32. The van der Waals surface area contributed by atoms with Crippen molar-refractivity contribution in [1.82, 2.24) is 10.2 Å². The molecular weight excluding hydrogens is 267 g/mol. The van der Waals surface area contributed by atoms with E-state index in [0.29, 0.717) is 0 Å². The number of ether oxygens (including phenoxy) is 1. The summed E-state index contributed by atoms with van der Waals surface area (Å²) in [4.78, 5) is 23.8. The number of rotatable bonds is 7. The molecule has 0 saturated carbocycles. The largest absolute Gasteiger partial charge is 0.405 e. The molecule has 1 atom stereocenters. The van der Waals surface area contributed by atoms with Crippen LogP contribution in [-0.4, -0.2) is 62.8 Å². The van der Waals surface area contributed by atoms with E-state index in [9.17, 15) is 22.8 Å². The maximum Gasteiger partial charge on any atom is 0.405 e. The lowest BCUT2D eigenvalue weighted by Crippen LogP contribution is -2.42. The Bertz CT molecular complexity index is 306. The lowest BCUT2D eigenvalue weighted by atomic mass is 10.2. The highest BCUT2D eigenvalue weighted by Crippen LogP contribution is 2.12. The second-order valence-electron chi connectivity index (χ2n) is 3.94. The van der Waals surface area contributed by atoms with Crippen LogP contribution in [0.5, 0.6) is 0 Å². The van der Waals surface area contributed by atoms with E-state index in [-0.39, 0.29) is 13.0 Å². The van der Waals surface area contributed by atoms with Gasteiger partial charge in [-0.1, -0.05) is 0 Å². The van der Waals surface area contributed by atoms with E-state index in [0.717, 1.165) is 4.90 Å². The van der Waals surface area contributed by atoms with Crippen LogP contribution in [0.15, 0.2) is 0 Å². The molecule has 0 aromatic carbocycles. The summed E-state index contributed by atoms with van der Waals surface area (Å²) in [6.07, 6.45) is -4.98. The Morgan fingerprint density at radius 3 is 2.42 bits per heavy atom. The van der Waals surface area contributed by atoms with Crippen molar-refractivity contribution in [3.05, 3.63) is 0 Å². The molecule has 0 bridgehead atoms. The zero-order chi connectivity index (χ0) is 15.1. The second kappa shape index (κ2) is 7.95. The van der Waals surface area contributed by atoms with Gasteiger partial charge < -0.3 is 20.7 Å². The monoisotopic (exact) mass is 285 g/mol. The van der Waals surface area contributed by atoms with Crippen LogP contribution in [0.4, 0.5) is 13.2 Å². The molecule has 0 saturated heterocycles. The average molecular weight is 285 g/mol. The summed E-state index contributed by atoms with van der Waals surface area (Å²) < 4.78 is 40.4. The lowest BCUT2D eigenvalue weighted by Gasteiger charge is -2.20. The van der Waals surface area contributed by atoms with Crippen LogP contribution in [0.1, 0.15) is 6.42 Å². The van der Waals surface area contributed by atoms with Crippen molar-refractivity contribution in [3.63, 3.8) is 0 Å². The predicted molar refractivity (Wildman–Crippen MR) is 61.2 cm³/mol. The minimum absolute atomic E-state index is 0.0317. The third-order valence-electron chi connectivity index (χ3n) is 2.29. The fourth-order valence-corrected chi connectivity index (χ4v) is 1.17. The Kier molecular flexibility index (Phi) is 7.38. The van der Waals surface area contributed by atoms with Crippen LogP contribution in [0.25, 0.3) is 0 Å². The van der Waals surface area contributed by atoms with Crippen LogP contribution in [-0.2, 0) is 14.3 Å². The number of alkyl halides is 3. The van der Waals surface area contributed by atoms with Gasteiger partial charge in [-0.05, 0) is 0 Å². The number of amides is 2. The number of nitrogens with two attached hydrogens (primary N) is 1. The molecule has 0 radical (unpaired) electrons. The van der Waals surface area contributed by atoms with Gasteiger partial charge in [0.2, 0.25) is 11.8 Å². The first kappa shape index (κ1) is 17.6. The molecule has 0 aromatic heterocycles. The minimum Gasteiger partial charge on any atom is -0.380 e. The lowest BCUT2D eigenvalue weighted by molar-refractivity contribution is -0.142. The quantitative estimate of drug-likeness (QED) is 0.659. The molecule has 0 spiro atoms. The van der Waals surface area contributed by atoms with Gasteiger partial charge in [-0.2, -0.15) is 13.2 Å². The fraction of sp³-hybridized carbons (Fsp3) is 0.800. The van der Waals surface area contributed by atoms with Crippen molar-refractivity contribution in [2.75, 3.05) is 33.8 Å². The van der Waals surface area contributed by atoms with E-state index in [1.165, 1.54) is 14.2 Å². The third kappa shape index (κ3) is 8.38. The smallest absolute Gasteiger partial charge is 0.380 e. The summed E-state index contributed by atoms with van der Waals surface area (Å²) in [5.41, 5.74) is 5.33. The van der Waals surface area contributed by atoms with E-state index in [1.807, 2.05) is 0 Å². The van der Waals surface area contributed by atoms with E-state index < -0.39 is 37.2 Å². The van der Waals surface area contributed by atoms with Crippen LogP contribution in [0, 0.1) is 0 Å². The maximum absolute atomic E-state index is 11.8. The summed E-state index contributed by atoms with van der Waals surface area (Å²) in [6.45, 7) is -1.73. The maximum atomic E-state index is 11.8. The Morgan fingerprint density at radius 1 is 1.42 bits per heavy atom. The van der Waals surface area contributed by atoms with E-state index in [1.54, 1.807) is 5.32 Å². The zero-order valence-electron chi connectivity index (χ0n) is 10.8. The number of carbonyl (C=O) groups is 2. The molecule has 0 aliphatic carbocycles. The summed E-state index contributed by atoms with van der Waals surface area (Å²) in [7, 11) is 2.71. The first-order chi connectivity index (χ1) is 8.69. The molecule has 3 N–H and O–H groups in total. The Hall–Kier alpha value is -1.35. The Balaban J connectivity index is 4.11. The topological polar surface area (TPSA) is 84.7 Å². The van der Waals surface area contributed by atoms with Gasteiger partial charge in [-0.3, -0.25) is 9.59 Å². The van der Waals surface area contributed by atoms with Gasteiger partial charge >= 0.3 is 6.18 Å². The highest BCUT2D eigenvalue weighted by molar-refractivity contribution is 5.84. The van der Waals surface area contributed by atoms with Gasteiger partial charge in [0.25, 0.3) is 0 Å². The van der Waals surface area contributed by atoms with Gasteiger partial charge in [0.1, 0.15) is 6.54 Å². The fourth-order valence-electron chi connectivity index (χ4n) is 1.17. The number of carbonyl (C=O) groups excluding carboxylic acids is 2. The number of nitrogens with one attached hydrogen (secondary N) is 1. The number of methoxy groups -OCH3 is 1. The molecule has 9 heteroatoms. The van der Waals surface area contributed by atoms with Crippen LogP contribution >= 0.6 is 0 Å². The van der Waals surface area contributed by atoms with Gasteiger partial charge in [0.05, 0.1) is 19.1 Å². The molecule has 2 amide bonds. The first-order valence-electron chi connectivity index (χ1n) is 5.50. The second-order valence-corrected chi connectivity index (χ2v) is 3.94. The number of halogens is 3. The normalized spacial score (nSPS) is 12.9. The minimum atomic E-state index is -4.47. The van der Waals surface area contributed by atoms with Crippen molar-refractivity contribution in [2.24, 2.45) is 5.73 Å². The van der Waals surface area contributed by atoms with Crippen molar-refractivity contribution < 1.29 is 27.5 Å². The van der Waals surface area contributed by atoms with Crippen molar-refractivity contribution in [1.29, 1.82) is 0 Å². The Morgan fingerprint density at radius 2 is 2.00 bits per heavy atom. The van der Waals surface area contributed by atoms with Gasteiger partial charge in [0, 0.05) is 20.7 Å². The highest BCUT2D eigenvalue weighted by atomic mass is 19.4. The molecule has 0 aliphatic rings. The van der Waals surface area contributed by atoms with Crippen LogP contribution in [0.3, 0.4) is 0 Å². The van der Waals surface area contributed by atoms with Gasteiger partial charge in [-0.15, -0.1) is 0 Å². The standard InChI is InChI=1S/C10H18F3N3O3/c1-16(9(18)3-7(4-14)19-2)5-8(17)15-6-10(11,12)13/h7H,3-6,14H2,1-2H3,(H,15,17). The van der Waals surface area contributed by atoms with E-state index >= 15 is 0 Å². The van der Waals surface area contributed by atoms with Crippen molar-refractivity contribution in [2.45, 2.75) is 18.7 Å². The zero-order valence-corrected chi connectivity index (χ0v) is 10.8.